The molecular formula is C23H36N6O. The number of nitrogens with zero attached hydrogens (tertiary/aromatic N) is 4. The fourth-order valence-electron chi connectivity index (χ4n) is 4.65. The number of aromatic nitrogens is 2. The monoisotopic (exact) mass is 412 g/mol. The number of H-pyrrole nitrogens is 1. The van der Waals surface area contributed by atoms with Gasteiger partial charge in [0.25, 0.3) is 0 Å². The lowest BCUT2D eigenvalue weighted by Crippen LogP contribution is -2.47. The van der Waals surface area contributed by atoms with E-state index in [0.29, 0.717) is 0 Å². The van der Waals surface area contributed by atoms with Gasteiger partial charge in [-0.05, 0) is 50.9 Å². The maximum absolute atomic E-state index is 12.6. The van der Waals surface area contributed by atoms with E-state index in [1.54, 1.807) is 0 Å². The summed E-state index contributed by atoms with van der Waals surface area (Å²) in [6.45, 7) is 11.8. The van der Waals surface area contributed by atoms with Gasteiger partial charge in [0.15, 0.2) is 0 Å². The molecule has 30 heavy (non-hydrogen) atoms. The molecular weight excluding hydrogens is 376 g/mol. The molecule has 0 aliphatic carbocycles. The van der Waals surface area contributed by atoms with Crippen LogP contribution in [0.3, 0.4) is 0 Å². The Morgan fingerprint density at radius 1 is 1.07 bits per heavy atom. The van der Waals surface area contributed by atoms with Crippen LogP contribution in [0.5, 0.6) is 0 Å². The van der Waals surface area contributed by atoms with E-state index >= 15 is 0 Å². The van der Waals surface area contributed by atoms with E-state index in [4.69, 9.17) is 0 Å². The van der Waals surface area contributed by atoms with Crippen LogP contribution in [0.2, 0.25) is 0 Å². The number of carbonyl (C=O) groups is 1. The topological polar surface area (TPSA) is 67.5 Å². The summed E-state index contributed by atoms with van der Waals surface area (Å²) in [7, 11) is 0. The van der Waals surface area contributed by atoms with Gasteiger partial charge in [0, 0.05) is 51.7 Å². The number of piperidine rings is 1. The van der Waals surface area contributed by atoms with E-state index < -0.39 is 0 Å². The number of imidazole rings is 1. The maximum atomic E-state index is 12.6. The number of amides is 1. The average molecular weight is 413 g/mol. The maximum Gasteiger partial charge on any atom is 0.223 e. The molecule has 2 saturated heterocycles. The van der Waals surface area contributed by atoms with Crippen molar-refractivity contribution in [3.63, 3.8) is 0 Å². The number of carbonyl (C=O) groups excluding carboxylic acids is 1. The van der Waals surface area contributed by atoms with Gasteiger partial charge in [-0.25, -0.2) is 4.98 Å². The second kappa shape index (κ2) is 10.3. The first-order chi connectivity index (χ1) is 14.7. The van der Waals surface area contributed by atoms with Gasteiger partial charge in [0.2, 0.25) is 11.9 Å². The second-order valence-corrected chi connectivity index (χ2v) is 8.67. The summed E-state index contributed by atoms with van der Waals surface area (Å²) in [4.78, 5) is 28.0. The predicted octanol–water partition coefficient (Wildman–Crippen LogP) is 2.31. The van der Waals surface area contributed by atoms with Crippen LogP contribution in [0.4, 0.5) is 5.95 Å². The molecule has 2 aliphatic rings. The van der Waals surface area contributed by atoms with Gasteiger partial charge in [-0.15, -0.1) is 0 Å². The molecule has 2 aromatic rings. The average Bonchev–Trinajstić information content (AvgIpc) is 3.22. The summed E-state index contributed by atoms with van der Waals surface area (Å²) in [5.41, 5.74) is 2.07. The molecule has 0 unspecified atom stereocenters. The van der Waals surface area contributed by atoms with Crippen LogP contribution in [0.1, 0.15) is 32.6 Å². The number of hydrogen-bond donors (Lipinski definition) is 2. The molecule has 0 radical (unpaired) electrons. The van der Waals surface area contributed by atoms with Crippen molar-refractivity contribution in [2.75, 3.05) is 63.8 Å². The molecule has 2 N–H and O–H groups in total. The highest BCUT2D eigenvalue weighted by Gasteiger charge is 2.26. The largest absolute Gasteiger partial charge is 0.356 e. The van der Waals surface area contributed by atoms with Gasteiger partial charge in [0.05, 0.1) is 11.0 Å². The van der Waals surface area contributed by atoms with E-state index in [2.05, 4.69) is 43.0 Å². The number of para-hydroxylation sites is 2. The standard InChI is InChI=1S/C23H36N6O/c1-2-11-27-15-17-28(18-16-27)12-5-10-24-22(30)19-8-13-29(14-9-19)23-25-20-6-3-4-7-21(20)26-23/h3-4,6-7,19H,2,5,8-18H2,1H3,(H,24,30)(H,25,26). The molecule has 2 fully saturated rings. The molecule has 164 valence electrons. The number of anilines is 1. The molecule has 0 atom stereocenters. The summed E-state index contributed by atoms with van der Waals surface area (Å²) in [5.74, 6) is 1.28. The van der Waals surface area contributed by atoms with Crippen LogP contribution < -0.4 is 10.2 Å². The van der Waals surface area contributed by atoms with Gasteiger partial charge in [-0.1, -0.05) is 19.1 Å². The van der Waals surface area contributed by atoms with Crippen molar-refractivity contribution in [1.29, 1.82) is 0 Å². The lowest BCUT2D eigenvalue weighted by molar-refractivity contribution is -0.125. The van der Waals surface area contributed by atoms with E-state index in [9.17, 15) is 4.79 Å². The first-order valence-corrected chi connectivity index (χ1v) is 11.6. The lowest BCUT2D eigenvalue weighted by atomic mass is 9.96. The Bertz CT molecular complexity index is 772. The minimum atomic E-state index is 0.128. The summed E-state index contributed by atoms with van der Waals surface area (Å²) < 4.78 is 0. The van der Waals surface area contributed by atoms with E-state index in [1.807, 2.05) is 18.2 Å². The third-order valence-electron chi connectivity index (χ3n) is 6.50. The molecule has 2 aliphatic heterocycles. The van der Waals surface area contributed by atoms with Gasteiger partial charge in [-0.3, -0.25) is 4.79 Å². The number of piperazine rings is 1. The smallest absolute Gasteiger partial charge is 0.223 e. The zero-order valence-electron chi connectivity index (χ0n) is 18.3. The number of hydrogen-bond acceptors (Lipinski definition) is 5. The first kappa shape index (κ1) is 21.1. The van der Waals surface area contributed by atoms with Crippen LogP contribution in [-0.4, -0.2) is 84.6 Å². The van der Waals surface area contributed by atoms with Crippen molar-refractivity contribution in [2.45, 2.75) is 32.6 Å². The zero-order valence-corrected chi connectivity index (χ0v) is 18.3. The number of nitrogens with one attached hydrogen (secondary N) is 2. The Morgan fingerprint density at radius 3 is 2.47 bits per heavy atom. The van der Waals surface area contributed by atoms with Crippen molar-refractivity contribution in [1.82, 2.24) is 25.1 Å². The minimum absolute atomic E-state index is 0.128. The number of benzene rings is 1. The highest BCUT2D eigenvalue weighted by Crippen LogP contribution is 2.23. The summed E-state index contributed by atoms with van der Waals surface area (Å²) >= 11 is 0. The van der Waals surface area contributed by atoms with Crippen LogP contribution in [0, 0.1) is 5.92 Å². The minimum Gasteiger partial charge on any atom is -0.356 e. The number of aromatic amines is 1. The number of fused-ring (bicyclic) bond motifs is 1. The molecule has 0 bridgehead atoms. The van der Waals surface area contributed by atoms with Gasteiger partial charge >= 0.3 is 0 Å². The Balaban J connectivity index is 1.13. The zero-order chi connectivity index (χ0) is 20.8. The Hall–Kier alpha value is -2.12. The summed E-state index contributed by atoms with van der Waals surface area (Å²) in [6.07, 6.45) is 4.06. The van der Waals surface area contributed by atoms with Crippen molar-refractivity contribution >= 4 is 22.9 Å². The van der Waals surface area contributed by atoms with Crippen LogP contribution in [0.15, 0.2) is 24.3 Å². The first-order valence-electron chi connectivity index (χ1n) is 11.6. The quantitative estimate of drug-likeness (QED) is 0.652. The van der Waals surface area contributed by atoms with Crippen molar-refractivity contribution in [3.8, 4) is 0 Å². The van der Waals surface area contributed by atoms with Gasteiger partial charge in [0.1, 0.15) is 0 Å². The Labute approximate surface area is 179 Å². The highest BCUT2D eigenvalue weighted by molar-refractivity contribution is 5.79. The molecule has 1 aromatic carbocycles. The molecule has 4 rings (SSSR count). The van der Waals surface area contributed by atoms with Crippen LogP contribution in [-0.2, 0) is 4.79 Å². The molecule has 7 nitrogen and oxygen atoms in total. The van der Waals surface area contributed by atoms with E-state index in [0.717, 1.165) is 75.5 Å². The van der Waals surface area contributed by atoms with Crippen molar-refractivity contribution in [3.05, 3.63) is 24.3 Å². The Morgan fingerprint density at radius 2 is 1.77 bits per heavy atom. The SMILES string of the molecule is CCCN1CCN(CCCNC(=O)C2CCN(c3nc4ccccc4[nH]3)CC2)CC1. The fourth-order valence-corrected chi connectivity index (χ4v) is 4.65. The highest BCUT2D eigenvalue weighted by atomic mass is 16.1. The molecule has 1 amide bonds. The summed E-state index contributed by atoms with van der Waals surface area (Å²) in [5, 5.41) is 3.18. The van der Waals surface area contributed by atoms with E-state index in [-0.39, 0.29) is 11.8 Å². The fraction of sp³-hybridized carbons (Fsp3) is 0.652. The molecule has 0 saturated carbocycles. The lowest BCUT2D eigenvalue weighted by Gasteiger charge is -2.34. The third kappa shape index (κ3) is 5.32. The molecule has 3 heterocycles. The molecule has 7 heteroatoms. The molecule has 0 spiro atoms. The number of rotatable bonds is 8. The second-order valence-electron chi connectivity index (χ2n) is 8.67. The summed E-state index contributed by atoms with van der Waals surface area (Å²) in [6, 6.07) is 8.11. The predicted molar refractivity (Wildman–Crippen MR) is 122 cm³/mol. The van der Waals surface area contributed by atoms with Gasteiger partial charge < -0.3 is 25.0 Å². The van der Waals surface area contributed by atoms with E-state index in [1.165, 1.54) is 26.1 Å². The van der Waals surface area contributed by atoms with Crippen molar-refractivity contribution in [2.24, 2.45) is 5.92 Å². The van der Waals surface area contributed by atoms with Gasteiger partial charge in [-0.2, -0.15) is 0 Å². The normalized spacial score (nSPS) is 19.4. The molecule has 1 aromatic heterocycles. The van der Waals surface area contributed by atoms with Crippen LogP contribution >= 0.6 is 0 Å². The van der Waals surface area contributed by atoms with Crippen molar-refractivity contribution < 1.29 is 4.79 Å². The third-order valence-corrected chi connectivity index (χ3v) is 6.50. The Kier molecular flexibility index (Phi) is 7.23. The van der Waals surface area contributed by atoms with Crippen LogP contribution in [0.25, 0.3) is 11.0 Å².